The molecule has 2 aromatic carbocycles. The highest BCUT2D eigenvalue weighted by atomic mass is 16.6. The summed E-state index contributed by atoms with van der Waals surface area (Å²) in [6.45, 7) is 0.493. The summed E-state index contributed by atoms with van der Waals surface area (Å²) in [5.74, 6) is 0. The predicted molar refractivity (Wildman–Crippen MR) is 94.6 cm³/mol. The van der Waals surface area contributed by atoms with Crippen LogP contribution >= 0.6 is 0 Å². The zero-order valence-electron chi connectivity index (χ0n) is 12.9. The molecule has 0 saturated heterocycles. The summed E-state index contributed by atoms with van der Waals surface area (Å²) < 4.78 is 0. The van der Waals surface area contributed by atoms with Crippen molar-refractivity contribution in [3.05, 3.63) is 74.8 Å². The Morgan fingerprint density at radius 1 is 1.12 bits per heavy atom. The zero-order valence-corrected chi connectivity index (χ0v) is 12.9. The Kier molecular flexibility index (Phi) is 3.42. The Labute approximate surface area is 140 Å². The molecule has 124 valence electrons. The van der Waals surface area contributed by atoms with Gasteiger partial charge in [-0.1, -0.05) is 6.07 Å². The van der Waals surface area contributed by atoms with Gasteiger partial charge in [0, 0.05) is 18.8 Å². The van der Waals surface area contributed by atoms with Crippen LogP contribution < -0.4 is 11.0 Å². The lowest BCUT2D eigenvalue weighted by Gasteiger charge is -2.09. The summed E-state index contributed by atoms with van der Waals surface area (Å²) in [4.78, 5) is 31.8. The number of rotatable bonds is 4. The van der Waals surface area contributed by atoms with Gasteiger partial charge < -0.3 is 15.3 Å². The number of fused-ring (bicyclic) bond motifs is 2. The van der Waals surface area contributed by atoms with Crippen LogP contribution in [0.3, 0.4) is 0 Å². The maximum atomic E-state index is 11.3. The highest BCUT2D eigenvalue weighted by Gasteiger charge is 2.14. The SMILES string of the molecule is O=c1[nH]c2ccc(CNc3ccc([N+](=O)[O-])c4cccnc34)cc2[nH]1. The molecule has 0 amide bonds. The predicted octanol–water partition coefficient (Wildman–Crippen LogP) is 2.92. The molecule has 3 N–H and O–H groups in total. The molecule has 2 aromatic heterocycles. The molecule has 8 heteroatoms. The second-order valence-electron chi connectivity index (χ2n) is 5.60. The van der Waals surface area contributed by atoms with Crippen molar-refractivity contribution in [1.29, 1.82) is 0 Å². The number of H-pyrrole nitrogens is 2. The number of aromatic amines is 2. The molecule has 4 rings (SSSR count). The largest absolute Gasteiger partial charge is 0.379 e. The van der Waals surface area contributed by atoms with Crippen molar-refractivity contribution in [3.63, 3.8) is 0 Å². The van der Waals surface area contributed by atoms with E-state index >= 15 is 0 Å². The highest BCUT2D eigenvalue weighted by Crippen LogP contribution is 2.30. The van der Waals surface area contributed by atoms with E-state index in [1.807, 2.05) is 18.2 Å². The summed E-state index contributed by atoms with van der Waals surface area (Å²) in [7, 11) is 0. The maximum Gasteiger partial charge on any atom is 0.323 e. The number of non-ortho nitro benzene ring substituents is 1. The van der Waals surface area contributed by atoms with Gasteiger partial charge in [-0.2, -0.15) is 0 Å². The fourth-order valence-corrected chi connectivity index (χ4v) is 2.85. The fraction of sp³-hybridized carbons (Fsp3) is 0.0588. The van der Waals surface area contributed by atoms with E-state index in [0.29, 0.717) is 23.1 Å². The summed E-state index contributed by atoms with van der Waals surface area (Å²) in [6.07, 6.45) is 1.60. The molecule has 0 bridgehead atoms. The molecule has 2 heterocycles. The van der Waals surface area contributed by atoms with Crippen molar-refractivity contribution in [2.75, 3.05) is 5.32 Å². The van der Waals surface area contributed by atoms with Crippen LogP contribution in [0.1, 0.15) is 5.56 Å². The van der Waals surface area contributed by atoms with Crippen molar-refractivity contribution in [1.82, 2.24) is 15.0 Å². The number of imidazole rings is 1. The van der Waals surface area contributed by atoms with Gasteiger partial charge in [-0.15, -0.1) is 0 Å². The van der Waals surface area contributed by atoms with Crippen LogP contribution in [0.15, 0.2) is 53.5 Å². The van der Waals surface area contributed by atoms with Crippen molar-refractivity contribution in [2.45, 2.75) is 6.54 Å². The number of benzene rings is 2. The van der Waals surface area contributed by atoms with Gasteiger partial charge >= 0.3 is 5.69 Å². The quantitative estimate of drug-likeness (QED) is 0.391. The minimum absolute atomic E-state index is 0.0277. The highest BCUT2D eigenvalue weighted by molar-refractivity contribution is 5.96. The van der Waals surface area contributed by atoms with Gasteiger partial charge in [0.05, 0.1) is 27.0 Å². The Morgan fingerprint density at radius 3 is 2.80 bits per heavy atom. The van der Waals surface area contributed by atoms with E-state index in [4.69, 9.17) is 0 Å². The van der Waals surface area contributed by atoms with Crippen LogP contribution in [0, 0.1) is 10.1 Å². The number of pyridine rings is 1. The molecule has 0 fully saturated rings. The standard InChI is InChI=1S/C17H13N5O3/c23-17-20-12-4-3-10(8-14(12)21-17)9-19-13-5-6-15(22(24)25)11-2-1-7-18-16(11)13/h1-8,19H,9H2,(H2,20,21,23). The van der Waals surface area contributed by atoms with Crippen LogP contribution in [0.25, 0.3) is 21.9 Å². The number of nitro benzene ring substituents is 1. The Morgan fingerprint density at radius 2 is 1.96 bits per heavy atom. The van der Waals surface area contributed by atoms with E-state index in [2.05, 4.69) is 20.3 Å². The number of nitrogens with one attached hydrogen (secondary N) is 3. The molecule has 0 unspecified atom stereocenters. The first-order valence-electron chi connectivity index (χ1n) is 7.59. The molecule has 0 aliphatic rings. The zero-order chi connectivity index (χ0) is 17.4. The minimum atomic E-state index is -0.413. The molecule has 0 radical (unpaired) electrons. The van der Waals surface area contributed by atoms with Crippen LogP contribution in [0.4, 0.5) is 11.4 Å². The van der Waals surface area contributed by atoms with Gasteiger partial charge in [0.1, 0.15) is 5.52 Å². The van der Waals surface area contributed by atoms with Gasteiger partial charge in [-0.25, -0.2) is 4.79 Å². The monoisotopic (exact) mass is 335 g/mol. The number of aromatic nitrogens is 3. The number of nitro groups is 1. The lowest BCUT2D eigenvalue weighted by Crippen LogP contribution is -2.02. The van der Waals surface area contributed by atoms with Gasteiger partial charge in [0.15, 0.2) is 0 Å². The first kappa shape index (κ1) is 14.9. The van der Waals surface area contributed by atoms with E-state index in [9.17, 15) is 14.9 Å². The van der Waals surface area contributed by atoms with Gasteiger partial charge in [-0.05, 0) is 35.9 Å². The molecular formula is C17H13N5O3. The van der Waals surface area contributed by atoms with E-state index in [-0.39, 0.29) is 11.4 Å². The number of nitrogens with zero attached hydrogens (tertiary/aromatic N) is 2. The Balaban J connectivity index is 1.67. The topological polar surface area (TPSA) is 117 Å². The van der Waals surface area contributed by atoms with E-state index in [1.54, 1.807) is 24.4 Å². The van der Waals surface area contributed by atoms with E-state index in [0.717, 1.165) is 16.6 Å². The van der Waals surface area contributed by atoms with E-state index in [1.165, 1.54) is 6.07 Å². The van der Waals surface area contributed by atoms with Crippen molar-refractivity contribution < 1.29 is 4.92 Å². The molecule has 0 aliphatic carbocycles. The molecular weight excluding hydrogens is 322 g/mol. The van der Waals surface area contributed by atoms with Crippen LogP contribution in [0.5, 0.6) is 0 Å². The molecule has 4 aromatic rings. The molecule has 25 heavy (non-hydrogen) atoms. The first-order chi connectivity index (χ1) is 12.1. The number of anilines is 1. The number of hydrogen-bond acceptors (Lipinski definition) is 5. The lowest BCUT2D eigenvalue weighted by molar-refractivity contribution is -0.383. The van der Waals surface area contributed by atoms with E-state index < -0.39 is 4.92 Å². The Hall–Kier alpha value is -3.68. The molecule has 0 aliphatic heterocycles. The number of hydrogen-bond donors (Lipinski definition) is 3. The van der Waals surface area contributed by atoms with Gasteiger partial charge in [-0.3, -0.25) is 15.1 Å². The maximum absolute atomic E-state index is 11.3. The van der Waals surface area contributed by atoms with Crippen LogP contribution in [-0.2, 0) is 6.54 Å². The van der Waals surface area contributed by atoms with Crippen molar-refractivity contribution in [2.24, 2.45) is 0 Å². The summed E-state index contributed by atoms with van der Waals surface area (Å²) >= 11 is 0. The molecule has 0 atom stereocenters. The smallest absolute Gasteiger partial charge is 0.323 e. The van der Waals surface area contributed by atoms with Crippen LogP contribution in [0.2, 0.25) is 0 Å². The normalized spacial score (nSPS) is 11.0. The summed E-state index contributed by atoms with van der Waals surface area (Å²) in [5, 5.41) is 14.9. The molecule has 0 saturated carbocycles. The average molecular weight is 335 g/mol. The lowest BCUT2D eigenvalue weighted by atomic mass is 10.1. The third kappa shape index (κ3) is 2.69. The summed E-state index contributed by atoms with van der Waals surface area (Å²) in [5.41, 5.74) is 3.49. The van der Waals surface area contributed by atoms with Crippen molar-refractivity contribution >= 4 is 33.3 Å². The average Bonchev–Trinajstić information content (AvgIpc) is 2.98. The molecule has 8 nitrogen and oxygen atoms in total. The van der Waals surface area contributed by atoms with Gasteiger partial charge in [0.25, 0.3) is 5.69 Å². The van der Waals surface area contributed by atoms with Gasteiger partial charge in [0.2, 0.25) is 0 Å². The van der Waals surface area contributed by atoms with Crippen molar-refractivity contribution in [3.8, 4) is 0 Å². The molecule has 0 spiro atoms. The third-order valence-corrected chi connectivity index (χ3v) is 4.01. The first-order valence-corrected chi connectivity index (χ1v) is 7.59. The second-order valence-corrected chi connectivity index (χ2v) is 5.60. The Bertz CT molecular complexity index is 1160. The summed E-state index contributed by atoms with van der Waals surface area (Å²) in [6, 6.07) is 12.1. The van der Waals surface area contributed by atoms with Crippen LogP contribution in [-0.4, -0.2) is 19.9 Å². The minimum Gasteiger partial charge on any atom is -0.379 e. The fourth-order valence-electron chi connectivity index (χ4n) is 2.85. The second kappa shape index (κ2) is 5.75. The third-order valence-electron chi connectivity index (χ3n) is 4.01.